The number of halogens is 1. The van der Waals surface area contributed by atoms with E-state index in [-0.39, 0.29) is 35.5 Å². The summed E-state index contributed by atoms with van der Waals surface area (Å²) in [6, 6.07) is 14.6. The molecule has 5 nitrogen and oxygen atoms in total. The van der Waals surface area contributed by atoms with E-state index in [1.54, 1.807) is 17.0 Å². The maximum Gasteiger partial charge on any atom is 0.261 e. The molecular formula is C23H28ClNO4S. The summed E-state index contributed by atoms with van der Waals surface area (Å²) in [6.45, 7) is 6.55. The van der Waals surface area contributed by atoms with Gasteiger partial charge >= 0.3 is 0 Å². The van der Waals surface area contributed by atoms with Crippen LogP contribution in [0.3, 0.4) is 0 Å². The lowest BCUT2D eigenvalue weighted by atomic mass is 9.87. The zero-order valence-electron chi connectivity index (χ0n) is 17.6. The summed E-state index contributed by atoms with van der Waals surface area (Å²) in [5, 5.41) is 0.578. The highest BCUT2D eigenvalue weighted by atomic mass is 35.5. The zero-order chi connectivity index (χ0) is 21.9. The van der Waals surface area contributed by atoms with Gasteiger partial charge in [-0.2, -0.15) is 0 Å². The van der Waals surface area contributed by atoms with Gasteiger partial charge in [0, 0.05) is 17.6 Å². The molecule has 0 aliphatic carbocycles. The Bertz CT molecular complexity index is 997. The Hall–Kier alpha value is -2.05. The second kappa shape index (κ2) is 8.98. The summed E-state index contributed by atoms with van der Waals surface area (Å²) in [5.74, 6) is 0.459. The smallest absolute Gasteiger partial charge is 0.261 e. The first-order chi connectivity index (χ1) is 14.0. The molecular weight excluding hydrogens is 422 g/mol. The highest BCUT2D eigenvalue weighted by Crippen LogP contribution is 2.25. The Labute approximate surface area is 183 Å². The van der Waals surface area contributed by atoms with Gasteiger partial charge in [-0.3, -0.25) is 4.79 Å². The fraction of sp³-hybridized carbons (Fsp3) is 0.435. The Morgan fingerprint density at radius 1 is 1.17 bits per heavy atom. The lowest BCUT2D eigenvalue weighted by Gasteiger charge is -2.28. The first-order valence-electron chi connectivity index (χ1n) is 10.0. The van der Waals surface area contributed by atoms with Gasteiger partial charge in [-0.25, -0.2) is 8.42 Å². The van der Waals surface area contributed by atoms with Gasteiger partial charge in [0.2, 0.25) is 0 Å². The van der Waals surface area contributed by atoms with Gasteiger partial charge < -0.3 is 9.64 Å². The van der Waals surface area contributed by atoms with Gasteiger partial charge in [0.1, 0.15) is 5.75 Å². The molecule has 1 unspecified atom stereocenters. The van der Waals surface area contributed by atoms with E-state index in [0.29, 0.717) is 23.7 Å². The molecule has 1 saturated heterocycles. The topological polar surface area (TPSA) is 63.7 Å². The van der Waals surface area contributed by atoms with E-state index in [2.05, 4.69) is 20.8 Å². The number of sulfone groups is 1. The molecule has 30 heavy (non-hydrogen) atoms. The van der Waals surface area contributed by atoms with Crippen molar-refractivity contribution in [2.75, 3.05) is 18.1 Å². The molecule has 1 heterocycles. The Kier molecular flexibility index (Phi) is 6.78. The first-order valence-corrected chi connectivity index (χ1v) is 12.2. The van der Waals surface area contributed by atoms with Crippen molar-refractivity contribution in [2.45, 2.75) is 45.2 Å². The third-order valence-corrected chi connectivity index (χ3v) is 7.28. The minimum atomic E-state index is -3.12. The van der Waals surface area contributed by atoms with Crippen molar-refractivity contribution in [1.82, 2.24) is 4.90 Å². The van der Waals surface area contributed by atoms with Crippen molar-refractivity contribution in [3.8, 4) is 5.75 Å². The van der Waals surface area contributed by atoms with Gasteiger partial charge in [0.05, 0.1) is 11.5 Å². The summed E-state index contributed by atoms with van der Waals surface area (Å²) < 4.78 is 29.7. The van der Waals surface area contributed by atoms with E-state index in [4.69, 9.17) is 16.3 Å². The van der Waals surface area contributed by atoms with E-state index in [0.717, 1.165) is 5.56 Å². The van der Waals surface area contributed by atoms with Crippen molar-refractivity contribution >= 4 is 27.3 Å². The summed E-state index contributed by atoms with van der Waals surface area (Å²) in [7, 11) is -3.12. The molecule has 0 spiro atoms. The number of rotatable bonds is 6. The molecule has 1 aliphatic heterocycles. The molecule has 0 saturated carbocycles. The minimum Gasteiger partial charge on any atom is -0.484 e. The molecule has 0 aromatic heterocycles. The predicted molar refractivity (Wildman–Crippen MR) is 120 cm³/mol. The van der Waals surface area contributed by atoms with Crippen molar-refractivity contribution in [3.05, 3.63) is 64.7 Å². The molecule has 1 atom stereocenters. The fourth-order valence-electron chi connectivity index (χ4n) is 3.55. The van der Waals surface area contributed by atoms with Gasteiger partial charge in [-0.1, -0.05) is 56.6 Å². The number of hydrogen-bond acceptors (Lipinski definition) is 4. The number of hydrogen-bond donors (Lipinski definition) is 0. The van der Waals surface area contributed by atoms with Gasteiger partial charge in [-0.15, -0.1) is 0 Å². The third kappa shape index (κ3) is 5.99. The van der Waals surface area contributed by atoms with Gasteiger partial charge in [-0.05, 0) is 47.2 Å². The van der Waals surface area contributed by atoms with Crippen LogP contribution in [0.15, 0.2) is 48.5 Å². The summed E-state index contributed by atoms with van der Waals surface area (Å²) in [4.78, 5) is 14.6. The zero-order valence-corrected chi connectivity index (χ0v) is 19.2. The van der Waals surface area contributed by atoms with E-state index in [9.17, 15) is 13.2 Å². The van der Waals surface area contributed by atoms with Gasteiger partial charge in [0.15, 0.2) is 16.4 Å². The molecule has 162 valence electrons. The highest BCUT2D eigenvalue weighted by molar-refractivity contribution is 7.91. The van der Waals surface area contributed by atoms with Crippen LogP contribution in [0.4, 0.5) is 0 Å². The molecule has 1 aliphatic rings. The summed E-state index contributed by atoms with van der Waals surface area (Å²) in [6.07, 6.45) is 0.439. The quantitative estimate of drug-likeness (QED) is 0.661. The van der Waals surface area contributed by atoms with Crippen molar-refractivity contribution in [1.29, 1.82) is 0 Å². The largest absolute Gasteiger partial charge is 0.484 e. The van der Waals surface area contributed by atoms with Crippen LogP contribution in [-0.4, -0.2) is 43.4 Å². The average Bonchev–Trinajstić information content (AvgIpc) is 3.03. The van der Waals surface area contributed by atoms with E-state index in [1.165, 1.54) is 5.56 Å². The second-order valence-electron chi connectivity index (χ2n) is 8.77. The molecule has 0 bridgehead atoms. The molecule has 7 heteroatoms. The van der Waals surface area contributed by atoms with Crippen LogP contribution >= 0.6 is 11.6 Å². The van der Waals surface area contributed by atoms with E-state index >= 15 is 0 Å². The van der Waals surface area contributed by atoms with Crippen LogP contribution in [0.2, 0.25) is 5.02 Å². The molecule has 0 radical (unpaired) electrons. The number of carbonyl (C=O) groups is 1. The molecule has 1 fully saturated rings. The standard InChI is InChI=1S/C23H28ClNO4S/c1-23(2,3)18-7-9-21(10-8-18)29-15-22(26)25(20-11-12-30(27,28)16-20)14-17-5-4-6-19(24)13-17/h4-10,13,20H,11-12,14-16H2,1-3H3. The monoisotopic (exact) mass is 449 g/mol. The molecule has 1 amide bonds. The van der Waals surface area contributed by atoms with Crippen molar-refractivity contribution in [3.63, 3.8) is 0 Å². The van der Waals surface area contributed by atoms with Crippen LogP contribution in [0.25, 0.3) is 0 Å². The average molecular weight is 450 g/mol. The van der Waals surface area contributed by atoms with Crippen molar-refractivity contribution in [2.24, 2.45) is 0 Å². The summed E-state index contributed by atoms with van der Waals surface area (Å²) in [5.41, 5.74) is 2.07. The maximum atomic E-state index is 13.0. The maximum absolute atomic E-state index is 13.0. The Morgan fingerprint density at radius 3 is 2.43 bits per heavy atom. The normalized spacial score (nSPS) is 18.2. The van der Waals surface area contributed by atoms with Crippen LogP contribution in [0.1, 0.15) is 38.3 Å². The second-order valence-corrected chi connectivity index (χ2v) is 11.4. The summed E-state index contributed by atoms with van der Waals surface area (Å²) >= 11 is 6.07. The number of nitrogens with zero attached hydrogens (tertiary/aromatic N) is 1. The number of amides is 1. The number of benzene rings is 2. The highest BCUT2D eigenvalue weighted by Gasteiger charge is 2.34. The molecule has 3 rings (SSSR count). The van der Waals surface area contributed by atoms with Crippen LogP contribution in [0, 0.1) is 0 Å². The fourth-order valence-corrected chi connectivity index (χ4v) is 5.50. The molecule has 2 aromatic carbocycles. The molecule has 2 aromatic rings. The third-order valence-electron chi connectivity index (χ3n) is 5.29. The SMILES string of the molecule is CC(C)(C)c1ccc(OCC(=O)N(Cc2cccc(Cl)c2)C2CCS(=O)(=O)C2)cc1. The minimum absolute atomic E-state index is 0.0143. The number of ether oxygens (including phenoxy) is 1. The van der Waals surface area contributed by atoms with Crippen LogP contribution in [-0.2, 0) is 26.6 Å². The number of carbonyl (C=O) groups excluding carboxylic acids is 1. The lowest BCUT2D eigenvalue weighted by Crippen LogP contribution is -2.43. The van der Waals surface area contributed by atoms with E-state index < -0.39 is 9.84 Å². The Morgan fingerprint density at radius 2 is 1.87 bits per heavy atom. The van der Waals surface area contributed by atoms with Crippen LogP contribution < -0.4 is 4.74 Å². The Balaban J connectivity index is 1.71. The first kappa shape index (κ1) is 22.6. The van der Waals surface area contributed by atoms with Crippen LogP contribution in [0.5, 0.6) is 5.75 Å². The lowest BCUT2D eigenvalue weighted by molar-refractivity contribution is -0.136. The van der Waals surface area contributed by atoms with Crippen molar-refractivity contribution < 1.29 is 17.9 Å². The molecule has 0 N–H and O–H groups in total. The van der Waals surface area contributed by atoms with E-state index in [1.807, 2.05) is 36.4 Å². The van der Waals surface area contributed by atoms with Gasteiger partial charge in [0.25, 0.3) is 5.91 Å². The predicted octanol–water partition coefficient (Wildman–Crippen LogP) is 4.23.